The van der Waals surface area contributed by atoms with Gasteiger partial charge in [0.15, 0.2) is 9.84 Å². The van der Waals surface area contributed by atoms with E-state index in [1.54, 1.807) is 6.07 Å². The van der Waals surface area contributed by atoms with Crippen molar-refractivity contribution < 1.29 is 26.0 Å². The van der Waals surface area contributed by atoms with Crippen LogP contribution >= 0.6 is 12.4 Å². The van der Waals surface area contributed by atoms with Crippen LogP contribution in [0.15, 0.2) is 70.2 Å². The normalized spacial score (nSPS) is 12.3. The third-order valence-corrected chi connectivity index (χ3v) is 6.09. The van der Waals surface area contributed by atoms with Crippen molar-refractivity contribution in [3.05, 3.63) is 66.0 Å². The maximum atomic E-state index is 13.6. The Morgan fingerprint density at radius 2 is 1.64 bits per heavy atom. The van der Waals surface area contributed by atoms with E-state index < -0.39 is 31.4 Å². The van der Waals surface area contributed by atoms with Crippen LogP contribution in [0.4, 0.5) is 4.39 Å². The highest BCUT2D eigenvalue weighted by atomic mass is 35.5. The second-order valence-corrected chi connectivity index (χ2v) is 9.09. The van der Waals surface area contributed by atoms with E-state index in [1.165, 1.54) is 42.5 Å². The molecule has 0 unspecified atom stereocenters. The lowest BCUT2D eigenvalue weighted by atomic mass is 10.2. The van der Waals surface area contributed by atoms with Gasteiger partial charge in [0, 0.05) is 6.54 Å². The molecule has 0 radical (unpaired) electrons. The largest absolute Gasteiger partial charge is 0.488 e. The van der Waals surface area contributed by atoms with Gasteiger partial charge in [-0.25, -0.2) is 26.4 Å². The third kappa shape index (κ3) is 6.57. The Morgan fingerprint density at radius 1 is 1.04 bits per heavy atom. The van der Waals surface area contributed by atoms with Gasteiger partial charge >= 0.3 is 0 Å². The zero-order chi connectivity index (χ0) is 20.1. The van der Waals surface area contributed by atoms with E-state index in [4.69, 9.17) is 15.6 Å². The first-order valence-corrected chi connectivity index (χ1v) is 10.9. The molecule has 11 heteroatoms. The van der Waals surface area contributed by atoms with Gasteiger partial charge in [-0.05, 0) is 35.9 Å². The van der Waals surface area contributed by atoms with Crippen LogP contribution in [0.1, 0.15) is 5.56 Å². The van der Waals surface area contributed by atoms with Gasteiger partial charge in [0.1, 0.15) is 28.8 Å². The molecule has 2 aromatic carbocycles. The Labute approximate surface area is 169 Å². The van der Waals surface area contributed by atoms with E-state index in [2.05, 4.69) is 0 Å². The van der Waals surface area contributed by atoms with E-state index in [1.807, 2.05) is 0 Å². The van der Waals surface area contributed by atoms with Gasteiger partial charge in [-0.15, -0.1) is 12.4 Å². The Bertz CT molecular complexity index is 1040. The number of ether oxygens (including phenoxy) is 1. The second kappa shape index (κ2) is 9.99. The van der Waals surface area contributed by atoms with Crippen LogP contribution in [0.3, 0.4) is 0 Å². The molecule has 0 heterocycles. The maximum absolute atomic E-state index is 13.6. The molecule has 154 valence electrons. The van der Waals surface area contributed by atoms with Crippen molar-refractivity contribution in [2.24, 2.45) is 10.9 Å². The van der Waals surface area contributed by atoms with Crippen LogP contribution in [-0.4, -0.2) is 29.1 Å². The Balaban J connectivity index is 0.00000392. The van der Waals surface area contributed by atoms with E-state index in [9.17, 15) is 21.2 Å². The summed E-state index contributed by atoms with van der Waals surface area (Å²) in [7, 11) is -7.76. The fourth-order valence-corrected chi connectivity index (χ4v) is 4.08. The van der Waals surface area contributed by atoms with Gasteiger partial charge < -0.3 is 10.5 Å². The average Bonchev–Trinajstić information content (AvgIpc) is 2.59. The smallest absolute Gasteiger partial charge is 0.238 e. The summed E-state index contributed by atoms with van der Waals surface area (Å²) < 4.78 is 66.5. The summed E-state index contributed by atoms with van der Waals surface area (Å²) in [5.74, 6) is -1.59. The third-order valence-electron chi connectivity index (χ3n) is 3.50. The van der Waals surface area contributed by atoms with Crippen molar-refractivity contribution in [1.82, 2.24) is 0 Å². The van der Waals surface area contributed by atoms with Gasteiger partial charge in [0.2, 0.25) is 10.0 Å². The highest BCUT2D eigenvalue weighted by Crippen LogP contribution is 2.26. The fourth-order valence-electron chi connectivity index (χ4n) is 2.21. The number of halogens is 2. The molecular formula is C17H20ClFN2O5S2. The summed E-state index contributed by atoms with van der Waals surface area (Å²) in [6, 6.07) is 11.5. The molecule has 0 saturated heterocycles. The molecular weight excluding hydrogens is 431 g/mol. The zero-order valence-electron chi connectivity index (χ0n) is 14.6. The lowest BCUT2D eigenvalue weighted by molar-refractivity contribution is 0.298. The first-order valence-electron chi connectivity index (χ1n) is 7.74. The first kappa shape index (κ1) is 24.1. The number of hydrogen-bond acceptors (Lipinski definition) is 6. The van der Waals surface area contributed by atoms with Crippen molar-refractivity contribution in [2.45, 2.75) is 16.4 Å². The molecule has 0 bridgehead atoms. The molecule has 0 spiro atoms. The Kier molecular flexibility index (Phi) is 8.58. The minimum absolute atomic E-state index is 0. The standard InChI is InChI=1S/C17H19FN2O5S2.ClH/c18-14(9-10-19)12-26(21,22)17-4-2-1-3-16(17)25-11-13-5-7-15(8-6-13)27(20,23)24;/h1-9H,10-12,19H2,(H2,20,23,24);1H/b14-9-;. The number of hydrogen-bond donors (Lipinski definition) is 2. The van der Waals surface area contributed by atoms with E-state index in [0.29, 0.717) is 5.56 Å². The number of sulfone groups is 1. The SMILES string of the molecule is Cl.NC/C=C(\F)CS(=O)(=O)c1ccccc1OCc1ccc(S(N)(=O)=O)cc1. The van der Waals surface area contributed by atoms with Gasteiger partial charge in [0.05, 0.1) is 4.90 Å². The highest BCUT2D eigenvalue weighted by molar-refractivity contribution is 7.91. The number of sulfonamides is 1. The molecule has 0 fully saturated rings. The quantitative estimate of drug-likeness (QED) is 0.631. The molecule has 0 aliphatic rings. The van der Waals surface area contributed by atoms with Crippen LogP contribution in [-0.2, 0) is 26.5 Å². The number of primary sulfonamides is 1. The van der Waals surface area contributed by atoms with E-state index in [0.717, 1.165) is 6.08 Å². The molecule has 0 aromatic heterocycles. The minimum atomic E-state index is -3.96. The second-order valence-electron chi connectivity index (χ2n) is 5.57. The summed E-state index contributed by atoms with van der Waals surface area (Å²) in [5.41, 5.74) is 5.79. The maximum Gasteiger partial charge on any atom is 0.238 e. The van der Waals surface area contributed by atoms with Crippen molar-refractivity contribution in [3.63, 3.8) is 0 Å². The van der Waals surface area contributed by atoms with Crippen LogP contribution in [0, 0.1) is 0 Å². The van der Waals surface area contributed by atoms with Crippen molar-refractivity contribution in [2.75, 3.05) is 12.3 Å². The predicted octanol–water partition coefficient (Wildman–Crippen LogP) is 1.92. The Morgan fingerprint density at radius 3 is 2.21 bits per heavy atom. The molecule has 2 aromatic rings. The first-order chi connectivity index (χ1) is 12.6. The number of nitrogens with two attached hydrogens (primary N) is 2. The molecule has 7 nitrogen and oxygen atoms in total. The monoisotopic (exact) mass is 450 g/mol. The summed E-state index contributed by atoms with van der Waals surface area (Å²) in [6.45, 7) is -0.118. The van der Waals surface area contributed by atoms with Crippen LogP contribution in [0.25, 0.3) is 0 Å². The summed E-state index contributed by atoms with van der Waals surface area (Å²) in [6.07, 6.45) is 0.994. The number of benzene rings is 2. The summed E-state index contributed by atoms with van der Waals surface area (Å²) >= 11 is 0. The summed E-state index contributed by atoms with van der Waals surface area (Å²) in [5, 5.41) is 5.03. The molecule has 0 amide bonds. The lowest BCUT2D eigenvalue weighted by Crippen LogP contribution is -2.12. The molecule has 2 rings (SSSR count). The van der Waals surface area contributed by atoms with Crippen LogP contribution in [0.2, 0.25) is 0 Å². The Hall–Kier alpha value is -1.98. The topological polar surface area (TPSA) is 130 Å². The van der Waals surface area contributed by atoms with Gasteiger partial charge in [-0.1, -0.05) is 24.3 Å². The molecule has 0 aliphatic heterocycles. The van der Waals surface area contributed by atoms with Crippen LogP contribution < -0.4 is 15.6 Å². The molecule has 4 N–H and O–H groups in total. The van der Waals surface area contributed by atoms with Crippen molar-refractivity contribution >= 4 is 32.3 Å². The zero-order valence-corrected chi connectivity index (χ0v) is 17.1. The highest BCUT2D eigenvalue weighted by Gasteiger charge is 2.21. The van der Waals surface area contributed by atoms with Gasteiger partial charge in [0.25, 0.3) is 0 Å². The van der Waals surface area contributed by atoms with Gasteiger partial charge in [-0.3, -0.25) is 0 Å². The van der Waals surface area contributed by atoms with Crippen LogP contribution in [0.5, 0.6) is 5.75 Å². The van der Waals surface area contributed by atoms with Crippen molar-refractivity contribution in [1.29, 1.82) is 0 Å². The molecule has 0 aliphatic carbocycles. The van der Waals surface area contributed by atoms with Crippen molar-refractivity contribution in [3.8, 4) is 5.75 Å². The van der Waals surface area contributed by atoms with Gasteiger partial charge in [-0.2, -0.15) is 0 Å². The summed E-state index contributed by atoms with van der Waals surface area (Å²) in [4.78, 5) is -0.192. The molecule has 0 atom stereocenters. The van der Waals surface area contributed by atoms with E-state index >= 15 is 0 Å². The number of rotatable bonds is 8. The average molecular weight is 451 g/mol. The van der Waals surface area contributed by atoms with E-state index in [-0.39, 0.29) is 41.1 Å². The molecule has 28 heavy (non-hydrogen) atoms. The fraction of sp³-hybridized carbons (Fsp3) is 0.176. The molecule has 0 saturated carbocycles. The predicted molar refractivity (Wildman–Crippen MR) is 106 cm³/mol. The number of para-hydroxylation sites is 1. The lowest BCUT2D eigenvalue weighted by Gasteiger charge is -2.12. The minimum Gasteiger partial charge on any atom is -0.488 e.